The average Bonchev–Trinajstić information content (AvgIpc) is 3.40. The average molecular weight is 1070 g/mol. The Hall–Kier alpha value is -2.03. The molecule has 1 heterocycles. The van der Waals surface area contributed by atoms with Gasteiger partial charge in [0, 0.05) is 52.2 Å². The van der Waals surface area contributed by atoms with Crippen molar-refractivity contribution >= 4 is 18.0 Å². The number of nitrogens with one attached hydrogen (secondary N) is 2. The van der Waals surface area contributed by atoms with Crippen LogP contribution in [0.4, 0.5) is 4.79 Å². The predicted molar refractivity (Wildman–Crippen MR) is 306 cm³/mol. The summed E-state index contributed by atoms with van der Waals surface area (Å²) in [5.74, 6) is 0.428. The van der Waals surface area contributed by atoms with Gasteiger partial charge in [-0.15, -0.1) is 0 Å². The molecular formula is C62H120N2O11. The lowest BCUT2D eigenvalue weighted by atomic mass is 9.79. The molecule has 444 valence electrons. The van der Waals surface area contributed by atoms with E-state index in [0.29, 0.717) is 91.1 Å². The van der Waals surface area contributed by atoms with Crippen molar-refractivity contribution < 1.29 is 52.3 Å². The Morgan fingerprint density at radius 3 is 1.41 bits per heavy atom. The van der Waals surface area contributed by atoms with Gasteiger partial charge in [0.15, 0.2) is 6.29 Å². The first kappa shape index (κ1) is 71.0. The van der Waals surface area contributed by atoms with Gasteiger partial charge >= 0.3 is 12.1 Å². The molecule has 1 aliphatic heterocycles. The molecule has 0 aromatic carbocycles. The first-order chi connectivity index (χ1) is 36.7. The van der Waals surface area contributed by atoms with Gasteiger partial charge in [-0.2, -0.15) is 0 Å². The van der Waals surface area contributed by atoms with Crippen molar-refractivity contribution in [2.75, 3.05) is 79.2 Å². The van der Waals surface area contributed by atoms with Crippen molar-refractivity contribution in [2.24, 2.45) is 17.8 Å². The van der Waals surface area contributed by atoms with E-state index in [4.69, 9.17) is 37.9 Å². The Kier molecular flexibility index (Phi) is 51.1. The fourth-order valence-electron chi connectivity index (χ4n) is 9.77. The minimum atomic E-state index is -0.485. The van der Waals surface area contributed by atoms with Crippen LogP contribution in [0.2, 0.25) is 0 Å². The molecule has 0 aliphatic carbocycles. The zero-order valence-electron chi connectivity index (χ0n) is 49.7. The Morgan fingerprint density at radius 1 is 0.440 bits per heavy atom. The van der Waals surface area contributed by atoms with E-state index in [9.17, 15) is 14.4 Å². The van der Waals surface area contributed by atoms with Crippen molar-refractivity contribution in [1.82, 2.24) is 10.6 Å². The van der Waals surface area contributed by atoms with Crippen LogP contribution in [0, 0.1) is 17.8 Å². The third kappa shape index (κ3) is 45.5. The highest BCUT2D eigenvalue weighted by Crippen LogP contribution is 2.35. The molecule has 75 heavy (non-hydrogen) atoms. The van der Waals surface area contributed by atoms with Crippen LogP contribution >= 0.6 is 0 Å². The van der Waals surface area contributed by atoms with Crippen molar-refractivity contribution in [3.05, 3.63) is 0 Å². The maximum atomic E-state index is 12.6. The molecule has 13 heteroatoms. The summed E-state index contributed by atoms with van der Waals surface area (Å²) >= 11 is 0. The molecule has 0 aromatic rings. The molecule has 1 aliphatic rings. The highest BCUT2D eigenvalue weighted by atomic mass is 16.7. The highest BCUT2D eigenvalue weighted by Gasteiger charge is 2.40. The zero-order chi connectivity index (χ0) is 54.5. The standard InChI is InChI=1S/C62H120N2O11/c1-7-9-11-13-15-17-19-21-23-25-27-29-31-33-35-37-44-70-51-58(71-46-38-36-34-32-30-28-26-24-22-20-18-16-14-12-10-8-2)52-74-62(67)64-43-48-69-50-49-68-45-40-42-63-60(66)41-39-47-72-61-56(5)54(3)55(4)59(75-61)53-73-57(6)65/h54-56,58-59,61H,7-53H2,1-6H3,(H,63,66)(H,64,67)/t54?,55?,56?,58-,59?,61?/m1/s1. The molecule has 6 atom stereocenters. The number of esters is 1. The maximum absolute atomic E-state index is 12.6. The molecular weight excluding hydrogens is 949 g/mol. The number of unbranched alkanes of at least 4 members (excludes halogenated alkanes) is 30. The second kappa shape index (κ2) is 53.9. The molecule has 2 amide bonds. The lowest BCUT2D eigenvalue weighted by Gasteiger charge is -2.43. The molecule has 1 saturated heterocycles. The first-order valence-electron chi connectivity index (χ1n) is 31.6. The Morgan fingerprint density at radius 2 is 0.907 bits per heavy atom. The van der Waals surface area contributed by atoms with Gasteiger partial charge in [0.25, 0.3) is 0 Å². The summed E-state index contributed by atoms with van der Waals surface area (Å²) in [6.07, 6.45) is 43.2. The lowest BCUT2D eigenvalue weighted by Crippen LogP contribution is -2.47. The third-order valence-electron chi connectivity index (χ3n) is 15.1. The van der Waals surface area contributed by atoms with Crippen molar-refractivity contribution in [3.63, 3.8) is 0 Å². The van der Waals surface area contributed by atoms with Crippen molar-refractivity contribution in [2.45, 2.75) is 285 Å². The second-order valence-corrected chi connectivity index (χ2v) is 22.0. The van der Waals surface area contributed by atoms with Gasteiger partial charge in [-0.25, -0.2) is 4.79 Å². The summed E-state index contributed by atoms with van der Waals surface area (Å²) in [5.41, 5.74) is 0. The van der Waals surface area contributed by atoms with E-state index in [1.807, 2.05) is 0 Å². The van der Waals surface area contributed by atoms with E-state index in [1.165, 1.54) is 193 Å². The van der Waals surface area contributed by atoms with Crippen LogP contribution in [0.1, 0.15) is 266 Å². The SMILES string of the molecule is CCCCCCCCCCCCCCCCCCOC[C@H](COC(=O)NCCOCCOCCCNC(=O)CCCOC1OC(COC(C)=O)C(C)C(C)C1C)OCCCCCCCCCCCCCCCCCC. The van der Waals surface area contributed by atoms with Crippen molar-refractivity contribution in [1.29, 1.82) is 0 Å². The van der Waals surface area contributed by atoms with Crippen LogP contribution in [0.15, 0.2) is 0 Å². The summed E-state index contributed by atoms with van der Waals surface area (Å²) in [5, 5.41) is 5.72. The van der Waals surface area contributed by atoms with E-state index < -0.39 is 12.4 Å². The van der Waals surface area contributed by atoms with E-state index in [-0.39, 0.29) is 49.1 Å². The Bertz CT molecular complexity index is 1260. The molecule has 5 unspecified atom stereocenters. The molecule has 0 aromatic heterocycles. The van der Waals surface area contributed by atoms with E-state index in [2.05, 4.69) is 45.3 Å². The topological polar surface area (TPSA) is 149 Å². The fraction of sp³-hybridized carbons (Fsp3) is 0.952. The van der Waals surface area contributed by atoms with E-state index in [0.717, 1.165) is 19.3 Å². The number of amides is 2. The van der Waals surface area contributed by atoms with Crippen LogP contribution in [0.5, 0.6) is 0 Å². The normalized spacial score (nSPS) is 18.0. The number of carbonyl (C=O) groups is 3. The maximum Gasteiger partial charge on any atom is 0.407 e. The molecule has 1 rings (SSSR count). The smallest absolute Gasteiger partial charge is 0.407 e. The van der Waals surface area contributed by atoms with Gasteiger partial charge < -0.3 is 48.5 Å². The largest absolute Gasteiger partial charge is 0.463 e. The quantitative estimate of drug-likeness (QED) is 0.0443. The molecule has 2 N–H and O–H groups in total. The van der Waals surface area contributed by atoms with Crippen molar-refractivity contribution in [3.8, 4) is 0 Å². The lowest BCUT2D eigenvalue weighted by molar-refractivity contribution is -0.255. The molecule has 1 fully saturated rings. The summed E-state index contributed by atoms with van der Waals surface area (Å²) in [7, 11) is 0. The van der Waals surface area contributed by atoms with Crippen LogP contribution in [-0.2, 0) is 47.5 Å². The monoisotopic (exact) mass is 1070 g/mol. The molecule has 0 bridgehead atoms. The van der Waals surface area contributed by atoms with Crippen LogP contribution in [-0.4, -0.2) is 116 Å². The summed E-state index contributed by atoms with van der Waals surface area (Å²) < 4.78 is 46.5. The van der Waals surface area contributed by atoms with E-state index in [1.54, 1.807) is 0 Å². The van der Waals surface area contributed by atoms with Gasteiger partial charge in [0.2, 0.25) is 5.91 Å². The summed E-state index contributed by atoms with van der Waals surface area (Å²) in [6, 6.07) is 0. The molecule has 0 radical (unpaired) electrons. The number of hydrogen-bond acceptors (Lipinski definition) is 11. The van der Waals surface area contributed by atoms with Crippen LogP contribution < -0.4 is 10.6 Å². The van der Waals surface area contributed by atoms with Gasteiger partial charge in [-0.3, -0.25) is 9.59 Å². The fourth-order valence-corrected chi connectivity index (χ4v) is 9.77. The predicted octanol–water partition coefficient (Wildman–Crippen LogP) is 15.2. The third-order valence-corrected chi connectivity index (χ3v) is 15.1. The molecule has 0 spiro atoms. The summed E-state index contributed by atoms with van der Waals surface area (Å²) in [4.78, 5) is 36.2. The number of alkyl carbamates (subject to hydrolysis) is 1. The zero-order valence-corrected chi connectivity index (χ0v) is 49.7. The Balaban J connectivity index is 2.17. The van der Waals surface area contributed by atoms with Gasteiger partial charge in [-0.1, -0.05) is 227 Å². The number of rotatable bonds is 56. The Labute approximate surface area is 460 Å². The van der Waals surface area contributed by atoms with Gasteiger partial charge in [0.1, 0.15) is 19.3 Å². The summed E-state index contributed by atoms with van der Waals surface area (Å²) in [6.45, 7) is 17.5. The van der Waals surface area contributed by atoms with Crippen LogP contribution in [0.25, 0.3) is 0 Å². The highest BCUT2D eigenvalue weighted by molar-refractivity contribution is 5.75. The van der Waals surface area contributed by atoms with E-state index >= 15 is 0 Å². The number of carbonyl (C=O) groups excluding carboxylic acids is 3. The minimum absolute atomic E-state index is 0.0250. The van der Waals surface area contributed by atoms with Gasteiger partial charge in [-0.05, 0) is 37.5 Å². The first-order valence-corrected chi connectivity index (χ1v) is 31.6. The number of ether oxygens (including phenoxy) is 8. The molecule has 13 nitrogen and oxygen atoms in total. The van der Waals surface area contributed by atoms with Gasteiger partial charge in [0.05, 0.1) is 39.1 Å². The van der Waals surface area contributed by atoms with Crippen LogP contribution in [0.3, 0.4) is 0 Å². The minimum Gasteiger partial charge on any atom is -0.463 e. The number of hydrogen-bond donors (Lipinski definition) is 2. The molecule has 0 saturated carbocycles. The second-order valence-electron chi connectivity index (χ2n) is 22.0.